The van der Waals surface area contributed by atoms with Crippen LogP contribution in [0.3, 0.4) is 0 Å². The van der Waals surface area contributed by atoms with Crippen molar-refractivity contribution in [3.8, 4) is 11.3 Å². The Morgan fingerprint density at radius 1 is 0.868 bits per heavy atom. The van der Waals surface area contributed by atoms with Gasteiger partial charge in [0.15, 0.2) is 0 Å². The van der Waals surface area contributed by atoms with Crippen LogP contribution in [0.5, 0.6) is 0 Å². The zero-order valence-corrected chi connectivity index (χ0v) is 33.4. The molecule has 7 heteroatoms. The minimum absolute atomic E-state index is 0.0854. The van der Waals surface area contributed by atoms with Gasteiger partial charge in [0.25, 0.3) is 5.91 Å². The van der Waals surface area contributed by atoms with E-state index in [1.807, 2.05) is 17.0 Å². The molecule has 2 aliphatic heterocycles. The smallest absolute Gasteiger partial charge is 0.255 e. The van der Waals surface area contributed by atoms with Crippen LogP contribution in [0.25, 0.3) is 11.3 Å². The van der Waals surface area contributed by atoms with Gasteiger partial charge >= 0.3 is 0 Å². The van der Waals surface area contributed by atoms with Gasteiger partial charge in [-0.25, -0.2) is 0 Å². The highest BCUT2D eigenvalue weighted by molar-refractivity contribution is 6.02. The van der Waals surface area contributed by atoms with Gasteiger partial charge in [-0.3, -0.25) is 9.59 Å². The second-order valence-corrected chi connectivity index (χ2v) is 15.8. The third kappa shape index (κ3) is 8.56. The van der Waals surface area contributed by atoms with Gasteiger partial charge in [0.05, 0.1) is 12.1 Å². The van der Waals surface area contributed by atoms with E-state index in [-0.39, 0.29) is 17.9 Å². The van der Waals surface area contributed by atoms with Crippen molar-refractivity contribution < 1.29 is 9.59 Å². The Bertz CT molecular complexity index is 1920. The van der Waals surface area contributed by atoms with Crippen LogP contribution in [-0.4, -0.2) is 70.9 Å². The number of likely N-dealkylation sites (N-methyl/N-ethyl adjacent to an activating group) is 1. The molecule has 0 unspecified atom stereocenters. The molecule has 0 aliphatic carbocycles. The van der Waals surface area contributed by atoms with Gasteiger partial charge in [0.2, 0.25) is 5.91 Å². The molecule has 1 N–H and O–H groups in total. The van der Waals surface area contributed by atoms with Gasteiger partial charge in [0, 0.05) is 68.3 Å². The number of hydrogen-bond donors (Lipinski definition) is 1. The highest BCUT2D eigenvalue weighted by Crippen LogP contribution is 2.39. The van der Waals surface area contributed by atoms with Gasteiger partial charge < -0.3 is 24.6 Å². The molecule has 0 saturated heterocycles. The maximum Gasteiger partial charge on any atom is 0.255 e. The maximum absolute atomic E-state index is 15.0. The third-order valence-electron chi connectivity index (χ3n) is 11.6. The van der Waals surface area contributed by atoms with Crippen LogP contribution in [-0.2, 0) is 57.0 Å². The van der Waals surface area contributed by atoms with Crippen molar-refractivity contribution in [1.82, 2.24) is 19.3 Å². The van der Waals surface area contributed by atoms with Crippen molar-refractivity contribution in [3.63, 3.8) is 0 Å². The first-order chi connectivity index (χ1) is 25.6. The Morgan fingerprint density at radius 2 is 1.60 bits per heavy atom. The van der Waals surface area contributed by atoms with E-state index >= 15 is 4.79 Å². The van der Waals surface area contributed by atoms with Crippen molar-refractivity contribution in [2.45, 2.75) is 105 Å². The van der Waals surface area contributed by atoms with Crippen LogP contribution in [0.4, 0.5) is 5.69 Å². The SMILES string of the molecule is CCCCc1c(CCCC)c(-c2cc3c(cc2C(=O)N2Cc4ccccc4C[C@H]2C)CN(C(=O)Cc2cccc(NCCN(C)C)c2)CC3)n(C)c1C. The molecule has 2 aliphatic rings. The van der Waals surface area contributed by atoms with E-state index in [9.17, 15) is 4.79 Å². The zero-order valence-electron chi connectivity index (χ0n) is 33.4. The third-order valence-corrected chi connectivity index (χ3v) is 11.6. The number of carbonyl (C=O) groups is 2. The Balaban J connectivity index is 1.36. The van der Waals surface area contributed by atoms with E-state index in [1.54, 1.807) is 0 Å². The van der Waals surface area contributed by atoms with E-state index in [1.165, 1.54) is 39.2 Å². The Kier molecular flexibility index (Phi) is 12.4. The molecule has 6 rings (SSSR count). The summed E-state index contributed by atoms with van der Waals surface area (Å²) in [5.74, 6) is 0.210. The van der Waals surface area contributed by atoms with Gasteiger partial charge in [0.1, 0.15) is 0 Å². The zero-order chi connectivity index (χ0) is 37.6. The molecule has 0 spiro atoms. The normalized spacial score (nSPS) is 15.4. The number of hydrogen-bond acceptors (Lipinski definition) is 4. The number of aromatic nitrogens is 1. The van der Waals surface area contributed by atoms with E-state index in [2.05, 4.69) is 117 Å². The molecule has 2 amide bonds. The fourth-order valence-electron chi connectivity index (χ4n) is 8.39. The average Bonchev–Trinajstić information content (AvgIpc) is 3.38. The molecule has 53 heavy (non-hydrogen) atoms. The largest absolute Gasteiger partial charge is 0.384 e. The lowest BCUT2D eigenvalue weighted by atomic mass is 9.87. The van der Waals surface area contributed by atoms with E-state index in [0.717, 1.165) is 92.4 Å². The molecule has 0 saturated carbocycles. The van der Waals surface area contributed by atoms with Crippen LogP contribution in [0.15, 0.2) is 60.7 Å². The summed E-state index contributed by atoms with van der Waals surface area (Å²) in [6, 6.07) is 21.3. The number of unbranched alkanes of at least 4 members (excludes halogenated alkanes) is 2. The molecule has 3 aromatic carbocycles. The van der Waals surface area contributed by atoms with Gasteiger partial charge in [-0.05, 0) is 130 Å². The summed E-state index contributed by atoms with van der Waals surface area (Å²) in [4.78, 5) is 35.1. The number of nitrogens with zero attached hydrogens (tertiary/aromatic N) is 4. The van der Waals surface area contributed by atoms with Crippen molar-refractivity contribution in [2.24, 2.45) is 7.05 Å². The summed E-state index contributed by atoms with van der Waals surface area (Å²) in [6.45, 7) is 12.6. The molecule has 7 nitrogen and oxygen atoms in total. The highest BCUT2D eigenvalue weighted by Gasteiger charge is 2.33. The molecule has 0 bridgehead atoms. The number of amides is 2. The lowest BCUT2D eigenvalue weighted by Gasteiger charge is -2.36. The molecule has 1 atom stereocenters. The quantitative estimate of drug-likeness (QED) is 0.143. The van der Waals surface area contributed by atoms with Crippen LogP contribution < -0.4 is 5.32 Å². The van der Waals surface area contributed by atoms with Gasteiger partial charge in [-0.1, -0.05) is 63.1 Å². The predicted molar refractivity (Wildman–Crippen MR) is 219 cm³/mol. The molecule has 0 radical (unpaired) electrons. The minimum atomic E-state index is 0.0854. The molecule has 0 fully saturated rings. The van der Waals surface area contributed by atoms with Gasteiger partial charge in [-0.15, -0.1) is 0 Å². The van der Waals surface area contributed by atoms with Crippen LogP contribution >= 0.6 is 0 Å². The molecule has 3 heterocycles. The van der Waals surface area contributed by atoms with Crippen molar-refractivity contribution in [1.29, 1.82) is 0 Å². The Morgan fingerprint density at radius 3 is 2.34 bits per heavy atom. The summed E-state index contributed by atoms with van der Waals surface area (Å²) >= 11 is 0. The monoisotopic (exact) mass is 715 g/mol. The molecular formula is C46H61N5O2. The van der Waals surface area contributed by atoms with Gasteiger partial charge in [-0.2, -0.15) is 0 Å². The minimum Gasteiger partial charge on any atom is -0.384 e. The Labute approximate surface area is 318 Å². The van der Waals surface area contributed by atoms with E-state index < -0.39 is 0 Å². The maximum atomic E-state index is 15.0. The number of rotatable bonds is 14. The van der Waals surface area contributed by atoms with E-state index in [4.69, 9.17) is 0 Å². The van der Waals surface area contributed by atoms with Crippen molar-refractivity contribution in [2.75, 3.05) is 39.0 Å². The predicted octanol–water partition coefficient (Wildman–Crippen LogP) is 8.37. The average molecular weight is 716 g/mol. The number of anilines is 1. The number of fused-ring (bicyclic) bond motifs is 2. The number of nitrogens with one attached hydrogen (secondary N) is 1. The first-order valence-corrected chi connectivity index (χ1v) is 20.1. The summed E-state index contributed by atoms with van der Waals surface area (Å²) in [5, 5.41) is 3.48. The number of benzene rings is 3. The molecule has 282 valence electrons. The first kappa shape index (κ1) is 38.4. The molecule has 4 aromatic rings. The first-order valence-electron chi connectivity index (χ1n) is 20.1. The van der Waals surface area contributed by atoms with Crippen LogP contribution in [0.1, 0.15) is 101 Å². The highest BCUT2D eigenvalue weighted by atomic mass is 16.2. The summed E-state index contributed by atoms with van der Waals surface area (Å²) in [6.07, 6.45) is 8.62. The lowest BCUT2D eigenvalue weighted by molar-refractivity contribution is -0.131. The van der Waals surface area contributed by atoms with Crippen LogP contribution in [0.2, 0.25) is 0 Å². The van der Waals surface area contributed by atoms with Crippen molar-refractivity contribution >= 4 is 17.5 Å². The molecular weight excluding hydrogens is 655 g/mol. The second-order valence-electron chi connectivity index (χ2n) is 15.8. The summed E-state index contributed by atoms with van der Waals surface area (Å²) in [5.41, 5.74) is 14.2. The fraction of sp³-hybridized carbons (Fsp3) is 0.478. The number of carbonyl (C=O) groups excluding carboxylic acids is 2. The second kappa shape index (κ2) is 17.2. The molecule has 1 aromatic heterocycles. The lowest BCUT2D eigenvalue weighted by Crippen LogP contribution is -2.43. The summed E-state index contributed by atoms with van der Waals surface area (Å²) < 4.78 is 2.37. The van der Waals surface area contributed by atoms with E-state index in [0.29, 0.717) is 26.1 Å². The standard InChI is InChI=1S/C46H61N5O2/c1-8-10-19-40-33(4)49(7)45(41(40)20-11-9-2)42-28-36-21-23-50(44(52)27-34-15-14-18-39(26-34)47-22-24-48(5)6)30-38(36)29-43(42)46(53)51-31-37-17-13-12-16-35(37)25-32(51)3/h12-18,26,28-29,32,47H,8-11,19-25,27,30-31H2,1-7H3/t32-/m1/s1. The van der Waals surface area contributed by atoms with Crippen LogP contribution in [0, 0.1) is 6.92 Å². The fourth-order valence-corrected chi connectivity index (χ4v) is 8.39. The Hall–Kier alpha value is -4.36. The van der Waals surface area contributed by atoms with Crippen molar-refractivity contribution in [3.05, 3.63) is 111 Å². The topological polar surface area (TPSA) is 60.8 Å². The summed E-state index contributed by atoms with van der Waals surface area (Å²) in [7, 11) is 6.33.